The van der Waals surface area contributed by atoms with Gasteiger partial charge in [-0.15, -0.1) is 0 Å². The molecule has 0 aliphatic heterocycles. The van der Waals surface area contributed by atoms with Crippen LogP contribution in [0.15, 0.2) is 84.9 Å². The first-order valence-corrected chi connectivity index (χ1v) is 10.1. The minimum atomic E-state index is -1.24. The number of halogens is 1. The largest absolute Gasteiger partial charge is 0.480 e. The van der Waals surface area contributed by atoms with Crippen molar-refractivity contribution in [1.29, 1.82) is 0 Å². The third kappa shape index (κ3) is 6.50. The molecule has 0 bridgehead atoms. The fourth-order valence-electron chi connectivity index (χ4n) is 3.22. The molecule has 3 rings (SSSR count). The molecular formula is C25H23FN2O4. The number of aliphatic carboxylic acids is 1. The molecule has 2 unspecified atom stereocenters. The summed E-state index contributed by atoms with van der Waals surface area (Å²) in [6.07, 6.45) is 0.167. The summed E-state index contributed by atoms with van der Waals surface area (Å²) in [5.41, 5.74) is 1.76. The molecule has 0 saturated carbocycles. The normalized spacial score (nSPS) is 12.4. The van der Waals surface area contributed by atoms with E-state index >= 15 is 0 Å². The van der Waals surface area contributed by atoms with Crippen LogP contribution in [0.2, 0.25) is 0 Å². The molecule has 0 heterocycles. The zero-order chi connectivity index (χ0) is 22.9. The van der Waals surface area contributed by atoms with E-state index in [1.165, 1.54) is 24.3 Å². The standard InChI is InChI=1S/C25H23FN2O4/c26-20-13-11-18(12-14-20)16-22(25(31)32)28-24(30)21(15-17-7-3-1-4-8-17)27-23(29)19-9-5-2-6-10-19/h1-14,21-22H,15-16H2,(H,27,29)(H,28,30)(H,31,32). The summed E-state index contributed by atoms with van der Waals surface area (Å²) in [5.74, 6) is -2.72. The molecule has 0 aliphatic carbocycles. The zero-order valence-corrected chi connectivity index (χ0v) is 17.2. The van der Waals surface area contributed by atoms with Gasteiger partial charge in [0.1, 0.15) is 17.9 Å². The topological polar surface area (TPSA) is 95.5 Å². The Kier molecular flexibility index (Phi) is 7.70. The van der Waals surface area contributed by atoms with Crippen LogP contribution in [0.3, 0.4) is 0 Å². The molecule has 0 aromatic heterocycles. The number of amides is 2. The van der Waals surface area contributed by atoms with Gasteiger partial charge in [0.2, 0.25) is 5.91 Å². The zero-order valence-electron chi connectivity index (χ0n) is 17.2. The van der Waals surface area contributed by atoms with Crippen LogP contribution in [0.1, 0.15) is 21.5 Å². The maximum absolute atomic E-state index is 13.1. The lowest BCUT2D eigenvalue weighted by Gasteiger charge is -2.22. The van der Waals surface area contributed by atoms with E-state index in [0.29, 0.717) is 11.1 Å². The van der Waals surface area contributed by atoms with Crippen molar-refractivity contribution in [2.75, 3.05) is 0 Å². The molecule has 32 heavy (non-hydrogen) atoms. The van der Waals surface area contributed by atoms with E-state index in [9.17, 15) is 23.9 Å². The minimum absolute atomic E-state index is 0.0218. The average Bonchev–Trinajstić information content (AvgIpc) is 2.80. The van der Waals surface area contributed by atoms with Crippen molar-refractivity contribution in [2.45, 2.75) is 24.9 Å². The number of hydrogen-bond acceptors (Lipinski definition) is 3. The Labute approximate surface area is 185 Å². The first-order valence-electron chi connectivity index (χ1n) is 10.1. The molecular weight excluding hydrogens is 411 g/mol. The number of carboxylic acids is 1. The molecule has 164 valence electrons. The minimum Gasteiger partial charge on any atom is -0.480 e. The van der Waals surface area contributed by atoms with Crippen LogP contribution < -0.4 is 10.6 Å². The highest BCUT2D eigenvalue weighted by Crippen LogP contribution is 2.09. The Bertz CT molecular complexity index is 1060. The van der Waals surface area contributed by atoms with Gasteiger partial charge in [-0.25, -0.2) is 9.18 Å². The molecule has 0 saturated heterocycles. The van der Waals surface area contributed by atoms with E-state index < -0.39 is 35.7 Å². The average molecular weight is 434 g/mol. The fraction of sp³-hybridized carbons (Fsp3) is 0.160. The van der Waals surface area contributed by atoms with E-state index in [-0.39, 0.29) is 12.8 Å². The predicted octanol–water partition coefficient (Wildman–Crippen LogP) is 2.98. The molecule has 6 nitrogen and oxygen atoms in total. The Balaban J connectivity index is 1.76. The molecule has 3 aromatic carbocycles. The summed E-state index contributed by atoms with van der Waals surface area (Å²) in [6, 6.07) is 20.7. The van der Waals surface area contributed by atoms with Crippen molar-refractivity contribution in [3.05, 3.63) is 107 Å². The molecule has 2 atom stereocenters. The SMILES string of the molecule is O=C(NC(Cc1ccccc1)C(=O)NC(Cc1ccc(F)cc1)C(=O)O)c1ccccc1. The lowest BCUT2D eigenvalue weighted by molar-refractivity contribution is -0.142. The lowest BCUT2D eigenvalue weighted by Crippen LogP contribution is -2.53. The summed E-state index contributed by atoms with van der Waals surface area (Å²) < 4.78 is 13.1. The second-order valence-corrected chi connectivity index (χ2v) is 7.31. The maximum Gasteiger partial charge on any atom is 0.326 e. The van der Waals surface area contributed by atoms with Crippen molar-refractivity contribution in [3.8, 4) is 0 Å². The van der Waals surface area contributed by atoms with Gasteiger partial charge >= 0.3 is 5.97 Å². The van der Waals surface area contributed by atoms with Crippen molar-refractivity contribution >= 4 is 17.8 Å². The van der Waals surface area contributed by atoms with E-state index in [2.05, 4.69) is 10.6 Å². The number of carboxylic acid groups (broad SMARTS) is 1. The number of carbonyl (C=O) groups excluding carboxylic acids is 2. The quantitative estimate of drug-likeness (QED) is 0.483. The van der Waals surface area contributed by atoms with Gasteiger partial charge in [0.25, 0.3) is 5.91 Å². The van der Waals surface area contributed by atoms with Gasteiger partial charge in [-0.1, -0.05) is 60.7 Å². The second kappa shape index (κ2) is 10.9. The van der Waals surface area contributed by atoms with Gasteiger partial charge < -0.3 is 15.7 Å². The molecule has 0 spiro atoms. The number of carbonyl (C=O) groups is 3. The highest BCUT2D eigenvalue weighted by atomic mass is 19.1. The van der Waals surface area contributed by atoms with Crippen LogP contribution >= 0.6 is 0 Å². The summed E-state index contributed by atoms with van der Waals surface area (Å²) in [4.78, 5) is 37.4. The Morgan fingerprint density at radius 1 is 0.719 bits per heavy atom. The summed E-state index contributed by atoms with van der Waals surface area (Å²) in [7, 11) is 0. The number of hydrogen-bond donors (Lipinski definition) is 3. The summed E-state index contributed by atoms with van der Waals surface area (Å²) in [6.45, 7) is 0. The third-order valence-electron chi connectivity index (χ3n) is 4.91. The van der Waals surface area contributed by atoms with E-state index in [1.54, 1.807) is 30.3 Å². The second-order valence-electron chi connectivity index (χ2n) is 7.31. The van der Waals surface area contributed by atoms with Crippen LogP contribution in [0.5, 0.6) is 0 Å². The van der Waals surface area contributed by atoms with Crippen LogP contribution in [0, 0.1) is 5.82 Å². The third-order valence-corrected chi connectivity index (χ3v) is 4.91. The van der Waals surface area contributed by atoms with Crippen LogP contribution in [0.4, 0.5) is 4.39 Å². The van der Waals surface area contributed by atoms with E-state index in [0.717, 1.165) is 5.56 Å². The van der Waals surface area contributed by atoms with Gasteiger partial charge in [-0.2, -0.15) is 0 Å². The fourth-order valence-corrected chi connectivity index (χ4v) is 3.22. The monoisotopic (exact) mass is 434 g/mol. The highest BCUT2D eigenvalue weighted by molar-refractivity contribution is 5.98. The summed E-state index contributed by atoms with van der Waals surface area (Å²) >= 11 is 0. The number of nitrogens with one attached hydrogen (secondary N) is 2. The van der Waals surface area contributed by atoms with Gasteiger partial charge in [-0.05, 0) is 35.4 Å². The molecule has 7 heteroatoms. The molecule has 2 amide bonds. The smallest absolute Gasteiger partial charge is 0.326 e. The maximum atomic E-state index is 13.1. The van der Waals surface area contributed by atoms with Crippen LogP contribution in [-0.2, 0) is 22.4 Å². The van der Waals surface area contributed by atoms with Crippen molar-refractivity contribution < 1.29 is 23.9 Å². The van der Waals surface area contributed by atoms with Gasteiger partial charge in [0.05, 0.1) is 0 Å². The van der Waals surface area contributed by atoms with Crippen LogP contribution in [0.25, 0.3) is 0 Å². The van der Waals surface area contributed by atoms with Crippen molar-refractivity contribution in [1.82, 2.24) is 10.6 Å². The Morgan fingerprint density at radius 3 is 1.84 bits per heavy atom. The molecule has 0 radical (unpaired) electrons. The lowest BCUT2D eigenvalue weighted by atomic mass is 10.0. The predicted molar refractivity (Wildman–Crippen MR) is 118 cm³/mol. The number of rotatable bonds is 9. The van der Waals surface area contributed by atoms with Gasteiger partial charge in [-0.3, -0.25) is 9.59 Å². The van der Waals surface area contributed by atoms with Gasteiger partial charge in [0.15, 0.2) is 0 Å². The van der Waals surface area contributed by atoms with Crippen molar-refractivity contribution in [2.24, 2.45) is 0 Å². The Hall–Kier alpha value is -4.00. The molecule has 0 aliphatic rings. The molecule has 3 N–H and O–H groups in total. The molecule has 0 fully saturated rings. The summed E-state index contributed by atoms with van der Waals surface area (Å²) in [5, 5.41) is 14.8. The van der Waals surface area contributed by atoms with E-state index in [4.69, 9.17) is 0 Å². The van der Waals surface area contributed by atoms with Gasteiger partial charge in [0, 0.05) is 18.4 Å². The van der Waals surface area contributed by atoms with Crippen LogP contribution in [-0.4, -0.2) is 35.0 Å². The highest BCUT2D eigenvalue weighted by Gasteiger charge is 2.27. The first-order chi connectivity index (χ1) is 15.4. The Morgan fingerprint density at radius 2 is 1.25 bits per heavy atom. The number of benzene rings is 3. The first kappa shape index (κ1) is 22.7. The van der Waals surface area contributed by atoms with E-state index in [1.807, 2.05) is 30.3 Å². The van der Waals surface area contributed by atoms with Crippen molar-refractivity contribution in [3.63, 3.8) is 0 Å². The molecule has 3 aromatic rings.